The van der Waals surface area contributed by atoms with Gasteiger partial charge in [-0.15, -0.1) is 0 Å². The van der Waals surface area contributed by atoms with E-state index >= 15 is 0 Å². The van der Waals surface area contributed by atoms with E-state index < -0.39 is 0 Å². The summed E-state index contributed by atoms with van der Waals surface area (Å²) in [5.74, 6) is 0. The van der Waals surface area contributed by atoms with Gasteiger partial charge in [-0.2, -0.15) is 0 Å². The van der Waals surface area contributed by atoms with Crippen molar-refractivity contribution in [1.82, 2.24) is 0 Å². The zero-order valence-electron chi connectivity index (χ0n) is 10.8. The van der Waals surface area contributed by atoms with Gasteiger partial charge in [0.05, 0.1) is 6.10 Å². The lowest BCUT2D eigenvalue weighted by molar-refractivity contribution is 0.185. The molecule has 2 heteroatoms. The van der Waals surface area contributed by atoms with E-state index in [0.717, 1.165) is 12.8 Å². The fourth-order valence-corrected chi connectivity index (χ4v) is 2.52. The molecule has 94 valence electrons. The largest absolute Gasteiger partial charge is 0.393 e. The second kappa shape index (κ2) is 4.79. The maximum absolute atomic E-state index is 9.26. The molecule has 3 N–H and O–H groups in total. The van der Waals surface area contributed by atoms with Crippen molar-refractivity contribution in [1.29, 1.82) is 0 Å². The van der Waals surface area contributed by atoms with Crippen LogP contribution >= 0.6 is 0 Å². The van der Waals surface area contributed by atoms with Gasteiger partial charge >= 0.3 is 0 Å². The van der Waals surface area contributed by atoms with Gasteiger partial charge in [0.25, 0.3) is 0 Å². The monoisotopic (exact) mass is 233 g/mol. The Kier molecular flexibility index (Phi) is 3.55. The number of nitrogens with two attached hydrogens (primary N) is 1. The predicted molar refractivity (Wildman–Crippen MR) is 71.0 cm³/mol. The normalized spacial score (nSPS) is 20.9. The molecule has 0 radical (unpaired) electrons. The van der Waals surface area contributed by atoms with Crippen molar-refractivity contribution in [2.24, 2.45) is 5.73 Å². The van der Waals surface area contributed by atoms with Crippen LogP contribution in [0.2, 0.25) is 0 Å². The summed E-state index contributed by atoms with van der Waals surface area (Å²) in [6.07, 6.45) is 4.00. The molecule has 2 nitrogen and oxygen atoms in total. The first-order chi connectivity index (χ1) is 8.04. The minimum absolute atomic E-state index is 0.214. The molecule has 1 aliphatic rings. The molecule has 2 rings (SSSR count). The zero-order chi connectivity index (χ0) is 12.5. The third-order valence-electron chi connectivity index (χ3n) is 4.04. The molecule has 2 atom stereocenters. The van der Waals surface area contributed by atoms with E-state index in [1.54, 1.807) is 0 Å². The fraction of sp³-hybridized carbons (Fsp3) is 0.600. The number of benzene rings is 1. The molecule has 0 bridgehead atoms. The molecule has 1 aliphatic carbocycles. The summed E-state index contributed by atoms with van der Waals surface area (Å²) in [6, 6.07) is 9.03. The lowest BCUT2D eigenvalue weighted by atomic mass is 9.88. The van der Waals surface area contributed by atoms with Crippen LogP contribution in [0.15, 0.2) is 24.3 Å². The summed E-state index contributed by atoms with van der Waals surface area (Å²) in [7, 11) is 0. The SMILES string of the molecule is CC(O)CCc1ccc(C2(C(C)N)CC2)cc1. The highest BCUT2D eigenvalue weighted by molar-refractivity contribution is 5.35. The van der Waals surface area contributed by atoms with E-state index in [1.807, 2.05) is 6.92 Å². The van der Waals surface area contributed by atoms with E-state index in [4.69, 9.17) is 5.73 Å². The third-order valence-corrected chi connectivity index (χ3v) is 4.04. The van der Waals surface area contributed by atoms with Crippen LogP contribution < -0.4 is 5.73 Å². The van der Waals surface area contributed by atoms with E-state index in [2.05, 4.69) is 31.2 Å². The standard InChI is InChI=1S/C15H23NO/c1-11(17)3-4-13-5-7-14(8-6-13)15(9-10-15)12(2)16/h5-8,11-12,17H,3-4,9-10,16H2,1-2H3. The number of aryl methyl sites for hydroxylation is 1. The third kappa shape index (κ3) is 2.70. The Morgan fingerprint density at radius 3 is 2.24 bits per heavy atom. The Morgan fingerprint density at radius 2 is 1.82 bits per heavy atom. The van der Waals surface area contributed by atoms with Crippen molar-refractivity contribution in [3.63, 3.8) is 0 Å². The molecule has 0 aromatic heterocycles. The van der Waals surface area contributed by atoms with E-state index in [0.29, 0.717) is 0 Å². The molecule has 2 unspecified atom stereocenters. The highest BCUT2D eigenvalue weighted by Gasteiger charge is 2.47. The van der Waals surface area contributed by atoms with Gasteiger partial charge < -0.3 is 10.8 Å². The minimum Gasteiger partial charge on any atom is -0.393 e. The van der Waals surface area contributed by atoms with Crippen LogP contribution in [0.5, 0.6) is 0 Å². The molecule has 1 saturated carbocycles. The zero-order valence-corrected chi connectivity index (χ0v) is 10.8. The predicted octanol–water partition coefficient (Wildman–Crippen LogP) is 2.38. The van der Waals surface area contributed by atoms with Crippen molar-refractivity contribution in [2.75, 3.05) is 0 Å². The molecular weight excluding hydrogens is 210 g/mol. The molecule has 17 heavy (non-hydrogen) atoms. The second-order valence-electron chi connectivity index (χ2n) is 5.53. The average molecular weight is 233 g/mol. The summed E-state index contributed by atoms with van der Waals surface area (Å²) in [5.41, 5.74) is 9.00. The number of aliphatic hydroxyl groups is 1. The Morgan fingerprint density at radius 1 is 1.24 bits per heavy atom. The molecule has 0 spiro atoms. The van der Waals surface area contributed by atoms with Crippen LogP contribution in [-0.4, -0.2) is 17.3 Å². The number of hydrogen-bond donors (Lipinski definition) is 2. The fourth-order valence-electron chi connectivity index (χ4n) is 2.52. The highest BCUT2D eigenvalue weighted by Crippen LogP contribution is 2.50. The van der Waals surface area contributed by atoms with E-state index in [-0.39, 0.29) is 17.6 Å². The molecular formula is C15H23NO. The topological polar surface area (TPSA) is 46.2 Å². The lowest BCUT2D eigenvalue weighted by Gasteiger charge is -2.20. The molecule has 1 fully saturated rings. The van der Waals surface area contributed by atoms with Crippen LogP contribution in [0.3, 0.4) is 0 Å². The number of rotatable bonds is 5. The molecule has 1 aromatic carbocycles. The van der Waals surface area contributed by atoms with Gasteiger partial charge in [-0.25, -0.2) is 0 Å². The van der Waals surface area contributed by atoms with Gasteiger partial charge in [0.2, 0.25) is 0 Å². The Balaban J connectivity index is 2.03. The smallest absolute Gasteiger partial charge is 0.0515 e. The first-order valence-electron chi connectivity index (χ1n) is 6.58. The van der Waals surface area contributed by atoms with Crippen molar-refractivity contribution in [3.8, 4) is 0 Å². The van der Waals surface area contributed by atoms with Crippen LogP contribution in [0.4, 0.5) is 0 Å². The van der Waals surface area contributed by atoms with E-state index in [1.165, 1.54) is 24.0 Å². The molecule has 0 amide bonds. The highest BCUT2D eigenvalue weighted by atomic mass is 16.3. The van der Waals surface area contributed by atoms with Crippen molar-refractivity contribution in [2.45, 2.75) is 57.1 Å². The van der Waals surface area contributed by atoms with Gasteiger partial charge in [-0.05, 0) is 50.7 Å². The van der Waals surface area contributed by atoms with Crippen molar-refractivity contribution >= 4 is 0 Å². The van der Waals surface area contributed by atoms with Crippen LogP contribution in [-0.2, 0) is 11.8 Å². The Labute approximate surface area is 104 Å². The summed E-state index contributed by atoms with van der Waals surface area (Å²) < 4.78 is 0. The van der Waals surface area contributed by atoms with Crippen LogP contribution in [0.1, 0.15) is 44.2 Å². The summed E-state index contributed by atoms with van der Waals surface area (Å²) >= 11 is 0. The maximum Gasteiger partial charge on any atom is 0.0515 e. The van der Waals surface area contributed by atoms with Crippen molar-refractivity contribution < 1.29 is 5.11 Å². The molecule has 0 saturated heterocycles. The second-order valence-corrected chi connectivity index (χ2v) is 5.53. The first kappa shape index (κ1) is 12.6. The van der Waals surface area contributed by atoms with Crippen LogP contribution in [0.25, 0.3) is 0 Å². The maximum atomic E-state index is 9.26. The molecule has 0 aliphatic heterocycles. The first-order valence-corrected chi connectivity index (χ1v) is 6.58. The van der Waals surface area contributed by atoms with Gasteiger partial charge in [0.15, 0.2) is 0 Å². The van der Waals surface area contributed by atoms with Crippen LogP contribution in [0, 0.1) is 0 Å². The summed E-state index contributed by atoms with van der Waals surface area (Å²) in [6.45, 7) is 3.94. The molecule has 0 heterocycles. The van der Waals surface area contributed by atoms with Gasteiger partial charge in [0, 0.05) is 11.5 Å². The number of aliphatic hydroxyl groups excluding tert-OH is 1. The minimum atomic E-state index is -0.214. The van der Waals surface area contributed by atoms with E-state index in [9.17, 15) is 5.11 Å². The quantitative estimate of drug-likeness (QED) is 0.820. The van der Waals surface area contributed by atoms with Gasteiger partial charge in [-0.1, -0.05) is 24.3 Å². The van der Waals surface area contributed by atoms with Crippen molar-refractivity contribution in [3.05, 3.63) is 35.4 Å². The molecule has 1 aromatic rings. The lowest BCUT2D eigenvalue weighted by Crippen LogP contribution is -2.31. The Bertz CT molecular complexity index is 363. The van der Waals surface area contributed by atoms with Gasteiger partial charge in [0.1, 0.15) is 0 Å². The summed E-state index contributed by atoms with van der Waals surface area (Å²) in [4.78, 5) is 0. The van der Waals surface area contributed by atoms with Gasteiger partial charge in [-0.3, -0.25) is 0 Å². The average Bonchev–Trinajstić information content (AvgIpc) is 3.08. The summed E-state index contributed by atoms with van der Waals surface area (Å²) in [5, 5.41) is 9.26. The Hall–Kier alpha value is -0.860. The number of hydrogen-bond acceptors (Lipinski definition) is 2.